The molecule has 0 spiro atoms. The fourth-order valence-corrected chi connectivity index (χ4v) is 5.01. The second-order valence-electron chi connectivity index (χ2n) is 7.87. The first kappa shape index (κ1) is 21.8. The molecular formula is C24H20N6O3S. The normalized spacial score (nSPS) is 14.9. The SMILES string of the molecule is O=C(N[C@@H]1CCCc2ccccc21)c1cc([N+](=O)[O-])ccc1Sc1nnnn1-c1ccccc1. The van der Waals surface area contributed by atoms with Crippen LogP contribution >= 0.6 is 11.8 Å². The molecule has 1 aliphatic rings. The van der Waals surface area contributed by atoms with Gasteiger partial charge in [0.2, 0.25) is 5.16 Å². The van der Waals surface area contributed by atoms with E-state index in [9.17, 15) is 14.9 Å². The average Bonchev–Trinajstić information content (AvgIpc) is 3.33. The van der Waals surface area contributed by atoms with Gasteiger partial charge >= 0.3 is 0 Å². The first-order valence-electron chi connectivity index (χ1n) is 10.8. The number of tetrazole rings is 1. The molecule has 1 atom stereocenters. The van der Waals surface area contributed by atoms with Crippen molar-refractivity contribution in [2.75, 3.05) is 0 Å². The molecule has 10 heteroatoms. The van der Waals surface area contributed by atoms with E-state index < -0.39 is 4.92 Å². The van der Waals surface area contributed by atoms with Crippen molar-refractivity contribution < 1.29 is 9.72 Å². The van der Waals surface area contributed by atoms with Gasteiger partial charge in [0.25, 0.3) is 11.6 Å². The number of aryl methyl sites for hydroxylation is 1. The molecule has 34 heavy (non-hydrogen) atoms. The third-order valence-electron chi connectivity index (χ3n) is 5.74. The highest BCUT2D eigenvalue weighted by molar-refractivity contribution is 7.99. The molecule has 0 saturated carbocycles. The van der Waals surface area contributed by atoms with Crippen molar-refractivity contribution in [1.29, 1.82) is 0 Å². The van der Waals surface area contributed by atoms with E-state index >= 15 is 0 Å². The van der Waals surface area contributed by atoms with Crippen molar-refractivity contribution in [3.63, 3.8) is 0 Å². The van der Waals surface area contributed by atoms with Gasteiger partial charge in [0, 0.05) is 17.0 Å². The molecular weight excluding hydrogens is 452 g/mol. The van der Waals surface area contributed by atoms with Crippen LogP contribution in [-0.2, 0) is 6.42 Å². The molecule has 4 aromatic rings. The molecule has 5 rings (SSSR count). The van der Waals surface area contributed by atoms with Crippen LogP contribution in [-0.4, -0.2) is 31.0 Å². The maximum Gasteiger partial charge on any atom is 0.270 e. The van der Waals surface area contributed by atoms with Crippen LogP contribution in [0.3, 0.4) is 0 Å². The second kappa shape index (κ2) is 9.44. The van der Waals surface area contributed by atoms with Crippen molar-refractivity contribution in [2.45, 2.75) is 35.4 Å². The van der Waals surface area contributed by atoms with Crippen molar-refractivity contribution in [1.82, 2.24) is 25.5 Å². The van der Waals surface area contributed by atoms with Crippen molar-refractivity contribution >= 4 is 23.4 Å². The number of non-ortho nitro benzene ring substituents is 1. The van der Waals surface area contributed by atoms with Crippen LogP contribution in [0.1, 0.15) is 40.4 Å². The predicted octanol–water partition coefficient (Wildman–Crippen LogP) is 4.53. The molecule has 9 nitrogen and oxygen atoms in total. The van der Waals surface area contributed by atoms with Gasteiger partial charge in [0.1, 0.15) is 0 Å². The topological polar surface area (TPSA) is 116 Å². The molecule has 3 aromatic carbocycles. The molecule has 170 valence electrons. The number of carbonyl (C=O) groups excluding carboxylic acids is 1. The number of nitro benzene ring substituents is 1. The predicted molar refractivity (Wildman–Crippen MR) is 126 cm³/mol. The van der Waals surface area contributed by atoms with Gasteiger partial charge in [-0.05, 0) is 70.8 Å². The summed E-state index contributed by atoms with van der Waals surface area (Å²) in [6.07, 6.45) is 2.75. The summed E-state index contributed by atoms with van der Waals surface area (Å²) in [6.45, 7) is 0. The van der Waals surface area contributed by atoms with Crippen LogP contribution in [0, 0.1) is 10.1 Å². The minimum absolute atomic E-state index is 0.149. The zero-order valence-electron chi connectivity index (χ0n) is 18.0. The summed E-state index contributed by atoms with van der Waals surface area (Å²) < 4.78 is 1.56. The van der Waals surface area contributed by atoms with Gasteiger partial charge in [0.15, 0.2) is 0 Å². The molecule has 0 radical (unpaired) electrons. The van der Waals surface area contributed by atoms with Crippen LogP contribution < -0.4 is 5.32 Å². The molecule has 0 fully saturated rings. The highest BCUT2D eigenvalue weighted by atomic mass is 32.2. The summed E-state index contributed by atoms with van der Waals surface area (Å²) in [5, 5.41) is 26.9. The van der Waals surface area contributed by atoms with Gasteiger partial charge in [-0.3, -0.25) is 14.9 Å². The molecule has 0 unspecified atom stereocenters. The summed E-state index contributed by atoms with van der Waals surface area (Å²) >= 11 is 1.18. The number of nitro groups is 1. The van der Waals surface area contributed by atoms with E-state index in [0.29, 0.717) is 10.1 Å². The Hall–Kier alpha value is -4.05. The van der Waals surface area contributed by atoms with E-state index in [-0.39, 0.29) is 23.2 Å². The first-order valence-corrected chi connectivity index (χ1v) is 11.6. The Morgan fingerprint density at radius 1 is 1.09 bits per heavy atom. The van der Waals surface area contributed by atoms with Gasteiger partial charge in [-0.15, -0.1) is 5.10 Å². The van der Waals surface area contributed by atoms with Gasteiger partial charge < -0.3 is 5.32 Å². The number of para-hydroxylation sites is 1. The summed E-state index contributed by atoms with van der Waals surface area (Å²) in [5.74, 6) is -0.369. The maximum absolute atomic E-state index is 13.4. The monoisotopic (exact) mass is 472 g/mol. The highest BCUT2D eigenvalue weighted by Crippen LogP contribution is 2.34. The lowest BCUT2D eigenvalue weighted by atomic mass is 9.87. The lowest BCUT2D eigenvalue weighted by Crippen LogP contribution is -2.31. The van der Waals surface area contributed by atoms with Gasteiger partial charge in [-0.2, -0.15) is 4.68 Å². The smallest absolute Gasteiger partial charge is 0.270 e. The Morgan fingerprint density at radius 2 is 1.88 bits per heavy atom. The van der Waals surface area contributed by atoms with Crippen LogP contribution in [0.5, 0.6) is 0 Å². The van der Waals surface area contributed by atoms with Crippen LogP contribution in [0.15, 0.2) is 82.8 Å². The van der Waals surface area contributed by atoms with E-state index in [1.54, 1.807) is 10.7 Å². The molecule has 1 N–H and O–H groups in total. The van der Waals surface area contributed by atoms with Crippen LogP contribution in [0.25, 0.3) is 5.69 Å². The second-order valence-corrected chi connectivity index (χ2v) is 8.87. The van der Waals surface area contributed by atoms with E-state index in [0.717, 1.165) is 30.5 Å². The number of rotatable bonds is 6. The zero-order valence-corrected chi connectivity index (χ0v) is 18.8. The van der Waals surface area contributed by atoms with Crippen molar-refractivity contribution in [2.24, 2.45) is 0 Å². The van der Waals surface area contributed by atoms with Gasteiger partial charge in [-0.25, -0.2) is 0 Å². The third-order valence-corrected chi connectivity index (χ3v) is 6.75. The zero-order chi connectivity index (χ0) is 23.5. The minimum Gasteiger partial charge on any atom is -0.345 e. The molecule has 0 saturated heterocycles. The van der Waals surface area contributed by atoms with Crippen molar-refractivity contribution in [3.8, 4) is 5.69 Å². The molecule has 0 bridgehead atoms. The largest absolute Gasteiger partial charge is 0.345 e. The number of nitrogens with one attached hydrogen (secondary N) is 1. The Balaban J connectivity index is 1.47. The molecule has 1 heterocycles. The molecule has 1 aromatic heterocycles. The summed E-state index contributed by atoms with van der Waals surface area (Å²) in [5.41, 5.74) is 3.14. The number of aromatic nitrogens is 4. The maximum atomic E-state index is 13.4. The number of amides is 1. The first-order chi connectivity index (χ1) is 16.6. The number of carbonyl (C=O) groups is 1. The Labute approximate surface area is 199 Å². The average molecular weight is 473 g/mol. The van der Waals surface area contributed by atoms with E-state index in [1.807, 2.05) is 48.5 Å². The van der Waals surface area contributed by atoms with E-state index in [4.69, 9.17) is 0 Å². The Kier molecular flexibility index (Phi) is 6.05. The molecule has 0 aliphatic heterocycles. The van der Waals surface area contributed by atoms with Crippen LogP contribution in [0.4, 0.5) is 5.69 Å². The van der Waals surface area contributed by atoms with Crippen molar-refractivity contribution in [3.05, 3.63) is 99.6 Å². The number of fused-ring (bicyclic) bond motifs is 1. The third kappa shape index (κ3) is 4.40. The lowest BCUT2D eigenvalue weighted by molar-refractivity contribution is -0.384. The van der Waals surface area contributed by atoms with Crippen LogP contribution in [0.2, 0.25) is 0 Å². The quantitative estimate of drug-likeness (QED) is 0.324. The van der Waals surface area contributed by atoms with E-state index in [1.165, 1.54) is 29.5 Å². The van der Waals surface area contributed by atoms with Gasteiger partial charge in [-0.1, -0.05) is 42.5 Å². The molecule has 1 aliphatic carbocycles. The standard InChI is InChI=1S/C24H20N6O3S/c31-23(25-21-12-6-8-16-7-4-5-11-19(16)21)20-15-18(30(32)33)13-14-22(20)34-24-26-27-28-29(24)17-9-2-1-3-10-17/h1-5,7,9-11,13-15,21H,6,8,12H2,(H,25,31)/t21-/m1/s1. The van der Waals surface area contributed by atoms with Gasteiger partial charge in [0.05, 0.1) is 22.2 Å². The summed E-state index contributed by atoms with van der Waals surface area (Å²) in [4.78, 5) is 24.8. The summed E-state index contributed by atoms with van der Waals surface area (Å²) in [6, 6.07) is 21.5. The Bertz CT molecular complexity index is 1360. The number of hydrogen-bond donors (Lipinski definition) is 1. The lowest BCUT2D eigenvalue weighted by Gasteiger charge is -2.26. The number of benzene rings is 3. The minimum atomic E-state index is -0.505. The molecule has 1 amide bonds. The Morgan fingerprint density at radius 3 is 2.71 bits per heavy atom. The number of nitrogens with zero attached hydrogens (tertiary/aromatic N) is 5. The fraction of sp³-hybridized carbons (Fsp3) is 0.167. The summed E-state index contributed by atoms with van der Waals surface area (Å²) in [7, 11) is 0. The van der Waals surface area contributed by atoms with E-state index in [2.05, 4.69) is 26.9 Å². The fourth-order valence-electron chi connectivity index (χ4n) is 4.11. The number of hydrogen-bond acceptors (Lipinski definition) is 7. The highest BCUT2D eigenvalue weighted by Gasteiger charge is 2.25.